The molecule has 1 N–H and O–H groups in total. The minimum Gasteiger partial charge on any atom is -0.323 e. The maximum Gasteiger partial charge on any atom is 0.234 e. The topological polar surface area (TPSA) is 72.7 Å². The molecule has 0 bridgehead atoms. The van der Waals surface area contributed by atoms with Crippen LogP contribution in [0.5, 0.6) is 0 Å². The number of benzene rings is 2. The number of para-hydroxylation sites is 1. The summed E-state index contributed by atoms with van der Waals surface area (Å²) < 4.78 is 15.7. The first-order chi connectivity index (χ1) is 14.7. The fourth-order valence-corrected chi connectivity index (χ4v) is 3.63. The van der Waals surface area contributed by atoms with Gasteiger partial charge >= 0.3 is 0 Å². The summed E-state index contributed by atoms with van der Waals surface area (Å²) in [5, 5.41) is 11.8. The average molecular weight is 419 g/mol. The van der Waals surface area contributed by atoms with Crippen molar-refractivity contribution in [2.75, 3.05) is 11.1 Å². The van der Waals surface area contributed by atoms with Crippen molar-refractivity contribution < 1.29 is 9.18 Å². The number of anilines is 1. The lowest BCUT2D eigenvalue weighted by Crippen LogP contribution is -2.15. The summed E-state index contributed by atoms with van der Waals surface area (Å²) in [5.74, 6) is -0.0397. The predicted molar refractivity (Wildman–Crippen MR) is 115 cm³/mol. The van der Waals surface area contributed by atoms with Crippen molar-refractivity contribution in [2.24, 2.45) is 0 Å². The summed E-state index contributed by atoms with van der Waals surface area (Å²) in [6.45, 7) is 0.551. The van der Waals surface area contributed by atoms with E-state index in [1.165, 1.54) is 23.9 Å². The van der Waals surface area contributed by atoms with Crippen LogP contribution in [-0.2, 0) is 11.3 Å². The van der Waals surface area contributed by atoms with E-state index in [-0.39, 0.29) is 17.3 Å². The van der Waals surface area contributed by atoms with Crippen LogP contribution in [0, 0.1) is 5.82 Å². The van der Waals surface area contributed by atoms with Crippen molar-refractivity contribution in [1.82, 2.24) is 19.7 Å². The number of pyridine rings is 1. The lowest BCUT2D eigenvalue weighted by atomic mass is 10.2. The van der Waals surface area contributed by atoms with Crippen LogP contribution in [0.15, 0.2) is 84.3 Å². The van der Waals surface area contributed by atoms with Gasteiger partial charge in [-0.05, 0) is 29.8 Å². The van der Waals surface area contributed by atoms with Gasteiger partial charge in [-0.15, -0.1) is 10.2 Å². The van der Waals surface area contributed by atoms with E-state index in [0.29, 0.717) is 17.5 Å². The van der Waals surface area contributed by atoms with Gasteiger partial charge in [-0.1, -0.05) is 54.2 Å². The zero-order valence-corrected chi connectivity index (χ0v) is 16.7. The highest BCUT2D eigenvalue weighted by molar-refractivity contribution is 7.99. The Morgan fingerprint density at radius 3 is 2.57 bits per heavy atom. The SMILES string of the molecule is O=C(CSc1nnc(-c2cccnc2)n1Cc1ccccc1)Nc1ccccc1F. The first-order valence-corrected chi connectivity index (χ1v) is 10.2. The molecule has 0 aliphatic carbocycles. The number of aromatic nitrogens is 4. The highest BCUT2D eigenvalue weighted by Crippen LogP contribution is 2.25. The number of thioether (sulfide) groups is 1. The third kappa shape index (κ3) is 4.72. The van der Waals surface area contributed by atoms with E-state index >= 15 is 0 Å². The van der Waals surface area contributed by atoms with Crippen LogP contribution < -0.4 is 5.32 Å². The van der Waals surface area contributed by atoms with Gasteiger partial charge in [0.05, 0.1) is 18.0 Å². The Morgan fingerprint density at radius 1 is 1.00 bits per heavy atom. The lowest BCUT2D eigenvalue weighted by molar-refractivity contribution is -0.113. The molecule has 0 unspecified atom stereocenters. The zero-order chi connectivity index (χ0) is 20.8. The molecule has 0 saturated heterocycles. The van der Waals surface area contributed by atoms with Crippen LogP contribution in [0.3, 0.4) is 0 Å². The van der Waals surface area contributed by atoms with Crippen molar-refractivity contribution >= 4 is 23.4 Å². The van der Waals surface area contributed by atoms with Crippen molar-refractivity contribution in [3.8, 4) is 11.4 Å². The summed E-state index contributed by atoms with van der Waals surface area (Å²) in [6.07, 6.45) is 3.43. The normalized spacial score (nSPS) is 10.7. The van der Waals surface area contributed by atoms with Gasteiger partial charge in [0.2, 0.25) is 5.91 Å². The van der Waals surface area contributed by atoms with Crippen molar-refractivity contribution in [2.45, 2.75) is 11.7 Å². The molecule has 4 aromatic rings. The van der Waals surface area contributed by atoms with Crippen LogP contribution in [0.4, 0.5) is 10.1 Å². The Balaban J connectivity index is 1.54. The van der Waals surface area contributed by atoms with E-state index in [1.807, 2.05) is 47.0 Å². The molecule has 150 valence electrons. The van der Waals surface area contributed by atoms with Gasteiger partial charge in [-0.2, -0.15) is 0 Å². The van der Waals surface area contributed by atoms with Gasteiger partial charge in [0.1, 0.15) is 5.82 Å². The lowest BCUT2D eigenvalue weighted by Gasteiger charge is -2.10. The van der Waals surface area contributed by atoms with Gasteiger partial charge in [0.15, 0.2) is 11.0 Å². The molecule has 2 aromatic heterocycles. The molecule has 0 fully saturated rings. The quantitative estimate of drug-likeness (QED) is 0.453. The molecule has 4 rings (SSSR count). The molecule has 0 spiro atoms. The number of carbonyl (C=O) groups excluding carboxylic acids is 1. The number of halogens is 1. The third-order valence-electron chi connectivity index (χ3n) is 4.30. The van der Waals surface area contributed by atoms with Crippen molar-refractivity contribution in [1.29, 1.82) is 0 Å². The van der Waals surface area contributed by atoms with E-state index in [0.717, 1.165) is 11.1 Å². The van der Waals surface area contributed by atoms with E-state index in [1.54, 1.807) is 24.5 Å². The second-order valence-electron chi connectivity index (χ2n) is 6.44. The van der Waals surface area contributed by atoms with Gasteiger partial charge in [0, 0.05) is 18.0 Å². The Labute approximate surface area is 177 Å². The maximum atomic E-state index is 13.8. The summed E-state index contributed by atoms with van der Waals surface area (Å²) >= 11 is 1.25. The van der Waals surface area contributed by atoms with Crippen molar-refractivity contribution in [3.63, 3.8) is 0 Å². The van der Waals surface area contributed by atoms with Gasteiger partial charge < -0.3 is 5.32 Å². The largest absolute Gasteiger partial charge is 0.323 e. The fourth-order valence-electron chi connectivity index (χ4n) is 2.89. The first-order valence-electron chi connectivity index (χ1n) is 9.25. The van der Waals surface area contributed by atoms with Crippen LogP contribution in [-0.4, -0.2) is 31.4 Å². The monoisotopic (exact) mass is 419 g/mol. The molecule has 2 heterocycles. The summed E-state index contributed by atoms with van der Waals surface area (Å²) in [5.41, 5.74) is 2.08. The Bertz CT molecular complexity index is 1130. The summed E-state index contributed by atoms with van der Waals surface area (Å²) in [6, 6.07) is 19.8. The Morgan fingerprint density at radius 2 is 1.80 bits per heavy atom. The smallest absolute Gasteiger partial charge is 0.234 e. The standard InChI is InChI=1S/C22H18FN5OS/c23-18-10-4-5-11-19(18)25-20(29)15-30-22-27-26-21(17-9-6-12-24-13-17)28(22)14-16-7-2-1-3-8-16/h1-13H,14-15H2,(H,25,29). The Hall–Kier alpha value is -3.52. The van der Waals surface area contributed by atoms with Gasteiger partial charge in [-0.3, -0.25) is 14.3 Å². The number of hydrogen-bond donors (Lipinski definition) is 1. The number of rotatable bonds is 7. The molecule has 0 aliphatic rings. The molecular formula is C22H18FN5OS. The molecule has 8 heteroatoms. The Kier molecular flexibility index (Phi) is 6.14. The van der Waals surface area contributed by atoms with Gasteiger partial charge in [-0.25, -0.2) is 4.39 Å². The molecule has 0 radical (unpaired) electrons. The van der Waals surface area contributed by atoms with E-state index in [4.69, 9.17) is 0 Å². The molecule has 0 aliphatic heterocycles. The third-order valence-corrected chi connectivity index (χ3v) is 5.27. The second-order valence-corrected chi connectivity index (χ2v) is 7.38. The highest BCUT2D eigenvalue weighted by Gasteiger charge is 2.16. The number of nitrogens with one attached hydrogen (secondary N) is 1. The molecule has 30 heavy (non-hydrogen) atoms. The highest BCUT2D eigenvalue weighted by atomic mass is 32.2. The molecular weight excluding hydrogens is 401 g/mol. The predicted octanol–water partition coefficient (Wildman–Crippen LogP) is 4.26. The molecule has 2 aromatic carbocycles. The fraction of sp³-hybridized carbons (Fsp3) is 0.0909. The maximum absolute atomic E-state index is 13.8. The zero-order valence-electron chi connectivity index (χ0n) is 15.9. The summed E-state index contributed by atoms with van der Waals surface area (Å²) in [4.78, 5) is 16.5. The van der Waals surface area contributed by atoms with E-state index in [9.17, 15) is 9.18 Å². The molecule has 6 nitrogen and oxygen atoms in total. The molecule has 1 amide bonds. The first kappa shape index (κ1) is 19.8. The van der Waals surface area contributed by atoms with Crippen LogP contribution in [0.1, 0.15) is 5.56 Å². The van der Waals surface area contributed by atoms with Crippen LogP contribution in [0.25, 0.3) is 11.4 Å². The minimum atomic E-state index is -0.470. The number of nitrogens with zero attached hydrogens (tertiary/aromatic N) is 4. The average Bonchev–Trinajstić information content (AvgIpc) is 3.17. The number of carbonyl (C=O) groups is 1. The number of hydrogen-bond acceptors (Lipinski definition) is 5. The molecule has 0 atom stereocenters. The molecule has 0 saturated carbocycles. The van der Waals surface area contributed by atoms with E-state index in [2.05, 4.69) is 20.5 Å². The van der Waals surface area contributed by atoms with Crippen LogP contribution >= 0.6 is 11.8 Å². The van der Waals surface area contributed by atoms with Gasteiger partial charge in [0.25, 0.3) is 0 Å². The second kappa shape index (κ2) is 9.32. The summed E-state index contributed by atoms with van der Waals surface area (Å²) in [7, 11) is 0. The van der Waals surface area contributed by atoms with E-state index < -0.39 is 5.82 Å². The van der Waals surface area contributed by atoms with Crippen LogP contribution in [0.2, 0.25) is 0 Å². The number of amides is 1. The minimum absolute atomic E-state index is 0.0777. The van der Waals surface area contributed by atoms with Crippen molar-refractivity contribution in [3.05, 3.63) is 90.5 Å².